The van der Waals surface area contributed by atoms with Crippen molar-refractivity contribution in [3.63, 3.8) is 0 Å². The molecular weight excluding hydrogens is 283 g/mol. The quantitative estimate of drug-likeness (QED) is 0.871. The fraction of sp³-hybridized carbons (Fsp3) is 0.500. The number of carbonyl (C=O) groups is 1. The number of ether oxygens (including phenoxy) is 1. The van der Waals surface area contributed by atoms with Crippen molar-refractivity contribution in [3.8, 4) is 5.75 Å². The highest BCUT2D eigenvalue weighted by molar-refractivity contribution is 5.85. The summed E-state index contributed by atoms with van der Waals surface area (Å²) in [6.45, 7) is 3.91. The topological polar surface area (TPSA) is 50.4 Å². The molecule has 112 valence electrons. The standard InChI is InChI=1S/C14H19FN2O2.ClH/c1-10(19-13-4-2-3-12(15)7-13)8-17-14(18)11-5-6-16-9-11;/h2-4,7,10-11,16H,5-6,8-9H2,1H3,(H,17,18);1H. The normalized spacial score (nSPS) is 19.0. The lowest BCUT2D eigenvalue weighted by molar-refractivity contribution is -0.124. The van der Waals surface area contributed by atoms with Crippen molar-refractivity contribution in [2.45, 2.75) is 19.4 Å². The van der Waals surface area contributed by atoms with Crippen molar-refractivity contribution in [2.24, 2.45) is 5.92 Å². The summed E-state index contributed by atoms with van der Waals surface area (Å²) in [4.78, 5) is 11.8. The molecule has 1 aliphatic rings. The van der Waals surface area contributed by atoms with E-state index in [4.69, 9.17) is 4.74 Å². The number of hydrogen-bond acceptors (Lipinski definition) is 3. The largest absolute Gasteiger partial charge is 0.489 e. The molecule has 1 heterocycles. The molecule has 0 bridgehead atoms. The van der Waals surface area contributed by atoms with Gasteiger partial charge in [-0.3, -0.25) is 4.79 Å². The third-order valence-corrected chi connectivity index (χ3v) is 3.13. The van der Waals surface area contributed by atoms with E-state index in [1.807, 2.05) is 6.92 Å². The van der Waals surface area contributed by atoms with Crippen LogP contribution < -0.4 is 15.4 Å². The van der Waals surface area contributed by atoms with Gasteiger partial charge >= 0.3 is 0 Å². The van der Waals surface area contributed by atoms with Crippen LogP contribution in [0.3, 0.4) is 0 Å². The molecule has 1 aromatic carbocycles. The minimum absolute atomic E-state index is 0. The van der Waals surface area contributed by atoms with Crippen LogP contribution in [-0.4, -0.2) is 31.6 Å². The molecule has 1 fully saturated rings. The molecule has 2 rings (SSSR count). The molecule has 0 radical (unpaired) electrons. The van der Waals surface area contributed by atoms with Gasteiger partial charge in [0.2, 0.25) is 5.91 Å². The number of amides is 1. The third kappa shape index (κ3) is 4.98. The van der Waals surface area contributed by atoms with E-state index in [9.17, 15) is 9.18 Å². The van der Waals surface area contributed by atoms with E-state index in [1.165, 1.54) is 12.1 Å². The van der Waals surface area contributed by atoms with E-state index < -0.39 is 0 Å². The lowest BCUT2D eigenvalue weighted by Crippen LogP contribution is -2.38. The summed E-state index contributed by atoms with van der Waals surface area (Å²) in [6, 6.07) is 5.99. The van der Waals surface area contributed by atoms with Crippen LogP contribution in [0.1, 0.15) is 13.3 Å². The second-order valence-corrected chi connectivity index (χ2v) is 4.82. The van der Waals surface area contributed by atoms with Crippen molar-refractivity contribution in [1.29, 1.82) is 0 Å². The first-order valence-corrected chi connectivity index (χ1v) is 6.56. The van der Waals surface area contributed by atoms with E-state index in [0.29, 0.717) is 12.3 Å². The Bertz CT molecular complexity index is 439. The Kier molecular flexibility index (Phi) is 6.75. The molecule has 2 N–H and O–H groups in total. The van der Waals surface area contributed by atoms with Gasteiger partial charge in [0.1, 0.15) is 17.7 Å². The highest BCUT2D eigenvalue weighted by atomic mass is 35.5. The highest BCUT2D eigenvalue weighted by Gasteiger charge is 2.22. The number of halogens is 2. The molecule has 1 amide bonds. The minimum Gasteiger partial charge on any atom is -0.489 e. The van der Waals surface area contributed by atoms with E-state index >= 15 is 0 Å². The molecular formula is C14H20ClFN2O2. The van der Waals surface area contributed by atoms with Gasteiger partial charge in [0.25, 0.3) is 0 Å². The first kappa shape index (κ1) is 16.7. The van der Waals surface area contributed by atoms with E-state index in [-0.39, 0.29) is 36.2 Å². The van der Waals surface area contributed by atoms with Gasteiger partial charge in [-0.1, -0.05) is 6.07 Å². The molecule has 6 heteroatoms. The zero-order valence-electron chi connectivity index (χ0n) is 11.4. The van der Waals surface area contributed by atoms with Crippen molar-refractivity contribution < 1.29 is 13.9 Å². The number of nitrogens with one attached hydrogen (secondary N) is 2. The maximum absolute atomic E-state index is 13.0. The molecule has 1 aromatic rings. The summed E-state index contributed by atoms with van der Waals surface area (Å²) in [5, 5.41) is 6.01. The first-order valence-electron chi connectivity index (χ1n) is 6.56. The van der Waals surface area contributed by atoms with Crippen LogP contribution in [0, 0.1) is 11.7 Å². The molecule has 1 aliphatic heterocycles. The minimum atomic E-state index is -0.328. The Labute approximate surface area is 124 Å². The second-order valence-electron chi connectivity index (χ2n) is 4.82. The molecule has 2 unspecified atom stereocenters. The molecule has 2 atom stereocenters. The summed E-state index contributed by atoms with van der Waals surface area (Å²) in [5.41, 5.74) is 0. The van der Waals surface area contributed by atoms with Gasteiger partial charge in [-0.15, -0.1) is 12.4 Å². The summed E-state index contributed by atoms with van der Waals surface area (Å²) in [5.74, 6) is 0.260. The smallest absolute Gasteiger partial charge is 0.224 e. The van der Waals surface area contributed by atoms with Crippen molar-refractivity contribution in [1.82, 2.24) is 10.6 Å². The van der Waals surface area contributed by atoms with Gasteiger partial charge in [0, 0.05) is 12.6 Å². The first-order chi connectivity index (χ1) is 9.15. The van der Waals surface area contributed by atoms with Crippen LogP contribution in [0.5, 0.6) is 5.75 Å². The molecule has 1 saturated heterocycles. The van der Waals surface area contributed by atoms with Gasteiger partial charge in [0.15, 0.2) is 0 Å². The highest BCUT2D eigenvalue weighted by Crippen LogP contribution is 2.13. The third-order valence-electron chi connectivity index (χ3n) is 3.13. The zero-order valence-corrected chi connectivity index (χ0v) is 12.2. The van der Waals surface area contributed by atoms with Crippen molar-refractivity contribution in [3.05, 3.63) is 30.1 Å². The van der Waals surface area contributed by atoms with Crippen LogP contribution in [0.4, 0.5) is 4.39 Å². The molecule has 0 aliphatic carbocycles. The van der Waals surface area contributed by atoms with Gasteiger partial charge in [0.05, 0.1) is 12.5 Å². The van der Waals surface area contributed by atoms with Crippen molar-refractivity contribution in [2.75, 3.05) is 19.6 Å². The Morgan fingerprint density at radius 2 is 2.40 bits per heavy atom. The summed E-state index contributed by atoms with van der Waals surface area (Å²) in [6.07, 6.45) is 0.686. The van der Waals surface area contributed by atoms with Crippen LogP contribution in [0.2, 0.25) is 0 Å². The molecule has 0 aromatic heterocycles. The molecule has 0 saturated carbocycles. The van der Waals surface area contributed by atoms with E-state index in [2.05, 4.69) is 10.6 Å². The average Bonchev–Trinajstić information content (AvgIpc) is 2.90. The predicted octanol–water partition coefficient (Wildman–Crippen LogP) is 1.74. The van der Waals surface area contributed by atoms with Gasteiger partial charge in [-0.05, 0) is 32.0 Å². The fourth-order valence-electron chi connectivity index (χ4n) is 2.08. The Morgan fingerprint density at radius 1 is 1.60 bits per heavy atom. The lowest BCUT2D eigenvalue weighted by atomic mass is 10.1. The molecule has 20 heavy (non-hydrogen) atoms. The van der Waals surface area contributed by atoms with E-state index in [1.54, 1.807) is 12.1 Å². The monoisotopic (exact) mass is 302 g/mol. The van der Waals surface area contributed by atoms with Crippen LogP contribution in [0.15, 0.2) is 24.3 Å². The van der Waals surface area contributed by atoms with E-state index in [0.717, 1.165) is 19.5 Å². The number of hydrogen-bond donors (Lipinski definition) is 2. The van der Waals surface area contributed by atoms with Crippen LogP contribution in [-0.2, 0) is 4.79 Å². The molecule has 0 spiro atoms. The Hall–Kier alpha value is -1.33. The van der Waals surface area contributed by atoms with Crippen LogP contribution in [0.25, 0.3) is 0 Å². The van der Waals surface area contributed by atoms with Crippen molar-refractivity contribution >= 4 is 18.3 Å². The lowest BCUT2D eigenvalue weighted by Gasteiger charge is -2.17. The van der Waals surface area contributed by atoms with Gasteiger partial charge < -0.3 is 15.4 Å². The number of carbonyl (C=O) groups excluding carboxylic acids is 1. The Morgan fingerprint density at radius 3 is 3.05 bits per heavy atom. The van der Waals surface area contributed by atoms with Crippen LogP contribution >= 0.6 is 12.4 Å². The maximum Gasteiger partial charge on any atom is 0.224 e. The zero-order chi connectivity index (χ0) is 13.7. The fourth-order valence-corrected chi connectivity index (χ4v) is 2.08. The van der Waals surface area contributed by atoms with Gasteiger partial charge in [-0.25, -0.2) is 4.39 Å². The maximum atomic E-state index is 13.0. The van der Waals surface area contributed by atoms with Gasteiger partial charge in [-0.2, -0.15) is 0 Å². The average molecular weight is 303 g/mol. The summed E-state index contributed by atoms with van der Waals surface area (Å²) < 4.78 is 18.5. The molecule has 4 nitrogen and oxygen atoms in total. The number of rotatable bonds is 5. The summed E-state index contributed by atoms with van der Waals surface area (Å²) in [7, 11) is 0. The summed E-state index contributed by atoms with van der Waals surface area (Å²) >= 11 is 0. The second kappa shape index (κ2) is 8.07. The Balaban J connectivity index is 0.00000200. The predicted molar refractivity (Wildman–Crippen MR) is 77.7 cm³/mol. The number of benzene rings is 1. The SMILES string of the molecule is CC(CNC(=O)C1CCNC1)Oc1cccc(F)c1.Cl.